The largest absolute Gasteiger partial charge is 0.308 e. The summed E-state index contributed by atoms with van der Waals surface area (Å²) in [6.45, 7) is 2.89. The molecule has 1 aromatic rings. The van der Waals surface area contributed by atoms with Crippen molar-refractivity contribution in [2.75, 3.05) is 12.3 Å². The summed E-state index contributed by atoms with van der Waals surface area (Å²) in [6.07, 6.45) is 0. The van der Waals surface area contributed by atoms with Gasteiger partial charge in [-0.15, -0.1) is 0 Å². The van der Waals surface area contributed by atoms with Crippen LogP contribution in [-0.2, 0) is 10.8 Å². The molecule has 1 aliphatic rings. The van der Waals surface area contributed by atoms with Crippen molar-refractivity contribution in [3.63, 3.8) is 0 Å². The molecule has 0 aliphatic carbocycles. The molecule has 1 fully saturated rings. The summed E-state index contributed by atoms with van der Waals surface area (Å²) in [5, 5.41) is 3.71. The van der Waals surface area contributed by atoms with Crippen molar-refractivity contribution in [1.29, 1.82) is 0 Å². The van der Waals surface area contributed by atoms with Gasteiger partial charge in [0.05, 0.1) is 0 Å². The van der Waals surface area contributed by atoms with E-state index in [1.54, 1.807) is 0 Å². The summed E-state index contributed by atoms with van der Waals surface area (Å²) in [4.78, 5) is 0. The summed E-state index contributed by atoms with van der Waals surface area (Å²) in [5.41, 5.74) is 1.24. The summed E-state index contributed by atoms with van der Waals surface area (Å²) in [7, 11) is -0.678. The average Bonchev–Trinajstić information content (AvgIpc) is 2.23. The topological polar surface area (TPSA) is 29.1 Å². The van der Waals surface area contributed by atoms with Crippen LogP contribution in [-0.4, -0.2) is 21.8 Å². The minimum atomic E-state index is -0.678. The fourth-order valence-corrected chi connectivity index (χ4v) is 2.94. The van der Waals surface area contributed by atoms with Crippen LogP contribution in [0.3, 0.4) is 0 Å². The lowest BCUT2D eigenvalue weighted by Gasteiger charge is -2.27. The molecule has 1 aromatic carbocycles. The molecule has 2 nitrogen and oxygen atoms in total. The van der Waals surface area contributed by atoms with Gasteiger partial charge in [-0.25, -0.2) is 0 Å². The zero-order valence-corrected chi connectivity index (χ0v) is 9.09. The molecule has 14 heavy (non-hydrogen) atoms. The Morgan fingerprint density at radius 1 is 1.36 bits per heavy atom. The Morgan fingerprint density at radius 3 is 2.71 bits per heavy atom. The van der Waals surface area contributed by atoms with Crippen LogP contribution in [0.5, 0.6) is 0 Å². The van der Waals surface area contributed by atoms with Crippen molar-refractivity contribution < 1.29 is 4.21 Å². The van der Waals surface area contributed by atoms with E-state index in [0.29, 0.717) is 0 Å². The van der Waals surface area contributed by atoms with Crippen LogP contribution in [0.2, 0.25) is 0 Å². The van der Waals surface area contributed by atoms with Gasteiger partial charge in [0.1, 0.15) is 0 Å². The maximum Gasteiger partial charge on any atom is 0.0445 e. The second-order valence-electron chi connectivity index (χ2n) is 3.73. The zero-order chi connectivity index (χ0) is 9.97. The SMILES string of the molecule is CC1CNC(c2ccccc2)CS1=O. The maximum absolute atomic E-state index is 11.6. The predicted molar refractivity (Wildman–Crippen MR) is 59.7 cm³/mol. The molecule has 0 spiro atoms. The van der Waals surface area contributed by atoms with Crippen LogP contribution in [0, 0.1) is 0 Å². The molecule has 1 N–H and O–H groups in total. The third kappa shape index (κ3) is 2.04. The van der Waals surface area contributed by atoms with Crippen LogP contribution < -0.4 is 5.32 Å². The molecule has 0 saturated carbocycles. The van der Waals surface area contributed by atoms with Gasteiger partial charge in [0.15, 0.2) is 0 Å². The molecule has 0 aromatic heterocycles. The van der Waals surface area contributed by atoms with Gasteiger partial charge in [-0.3, -0.25) is 4.21 Å². The van der Waals surface area contributed by atoms with E-state index in [1.807, 2.05) is 25.1 Å². The maximum atomic E-state index is 11.6. The molecular weight excluding hydrogens is 194 g/mol. The molecule has 0 radical (unpaired) electrons. The van der Waals surface area contributed by atoms with Gasteiger partial charge in [0, 0.05) is 34.4 Å². The minimum absolute atomic E-state index is 0.272. The first kappa shape index (κ1) is 9.87. The third-order valence-corrected chi connectivity index (χ3v) is 4.36. The van der Waals surface area contributed by atoms with Gasteiger partial charge < -0.3 is 5.32 Å². The van der Waals surface area contributed by atoms with Gasteiger partial charge >= 0.3 is 0 Å². The molecule has 1 aliphatic heterocycles. The molecule has 1 saturated heterocycles. The van der Waals surface area contributed by atoms with Crippen molar-refractivity contribution in [1.82, 2.24) is 5.32 Å². The predicted octanol–water partition coefficient (Wildman–Crippen LogP) is 1.47. The first-order chi connectivity index (χ1) is 6.77. The Kier molecular flexibility index (Phi) is 2.99. The van der Waals surface area contributed by atoms with Crippen LogP contribution in [0.15, 0.2) is 30.3 Å². The fourth-order valence-electron chi connectivity index (χ4n) is 1.69. The molecule has 3 atom stereocenters. The lowest BCUT2D eigenvalue weighted by atomic mass is 10.1. The summed E-state index contributed by atoms with van der Waals surface area (Å²) in [6, 6.07) is 10.5. The lowest BCUT2D eigenvalue weighted by Crippen LogP contribution is -2.41. The van der Waals surface area contributed by atoms with Gasteiger partial charge in [0.25, 0.3) is 0 Å². The van der Waals surface area contributed by atoms with Crippen LogP contribution in [0.4, 0.5) is 0 Å². The van der Waals surface area contributed by atoms with Crippen molar-refractivity contribution in [3.05, 3.63) is 35.9 Å². The standard InChI is InChI=1S/C11H15NOS/c1-9-7-12-11(8-14(9)13)10-5-3-2-4-6-10/h2-6,9,11-12H,7-8H2,1H3. The number of hydrogen-bond donors (Lipinski definition) is 1. The van der Waals surface area contributed by atoms with Crippen LogP contribution in [0.25, 0.3) is 0 Å². The Hall–Kier alpha value is -0.670. The smallest absolute Gasteiger partial charge is 0.0445 e. The van der Waals surface area contributed by atoms with Crippen molar-refractivity contribution in [2.24, 2.45) is 0 Å². The van der Waals surface area contributed by atoms with E-state index < -0.39 is 10.8 Å². The van der Waals surface area contributed by atoms with E-state index in [0.717, 1.165) is 12.3 Å². The Bertz CT molecular complexity index is 325. The van der Waals surface area contributed by atoms with E-state index in [1.165, 1.54) is 5.56 Å². The second-order valence-corrected chi connectivity index (χ2v) is 5.63. The van der Waals surface area contributed by atoms with Crippen molar-refractivity contribution in [2.45, 2.75) is 18.2 Å². The monoisotopic (exact) mass is 209 g/mol. The highest BCUT2D eigenvalue weighted by Crippen LogP contribution is 2.18. The summed E-state index contributed by atoms with van der Waals surface area (Å²) >= 11 is 0. The third-order valence-electron chi connectivity index (χ3n) is 2.63. The number of benzene rings is 1. The Labute approximate surface area is 87.2 Å². The number of nitrogens with one attached hydrogen (secondary N) is 1. The fraction of sp³-hybridized carbons (Fsp3) is 0.455. The molecule has 2 rings (SSSR count). The van der Waals surface area contributed by atoms with Gasteiger partial charge in [-0.05, 0) is 12.5 Å². The average molecular weight is 209 g/mol. The Balaban J connectivity index is 2.11. The first-order valence-electron chi connectivity index (χ1n) is 4.93. The van der Waals surface area contributed by atoms with Crippen molar-refractivity contribution >= 4 is 10.8 Å². The molecule has 0 amide bonds. The van der Waals surface area contributed by atoms with Gasteiger partial charge in [-0.2, -0.15) is 0 Å². The molecule has 3 unspecified atom stereocenters. The molecule has 0 bridgehead atoms. The normalized spacial score (nSPS) is 32.8. The van der Waals surface area contributed by atoms with Gasteiger partial charge in [0.2, 0.25) is 0 Å². The zero-order valence-electron chi connectivity index (χ0n) is 8.27. The molecule has 3 heteroatoms. The lowest BCUT2D eigenvalue weighted by molar-refractivity contribution is 0.540. The van der Waals surface area contributed by atoms with Crippen LogP contribution in [0.1, 0.15) is 18.5 Å². The number of rotatable bonds is 1. The van der Waals surface area contributed by atoms with E-state index in [4.69, 9.17) is 0 Å². The minimum Gasteiger partial charge on any atom is -0.308 e. The van der Waals surface area contributed by atoms with E-state index >= 15 is 0 Å². The summed E-state index contributed by atoms with van der Waals surface area (Å²) < 4.78 is 11.6. The first-order valence-corrected chi connectivity index (χ1v) is 6.31. The highest BCUT2D eigenvalue weighted by atomic mass is 32.2. The van der Waals surface area contributed by atoms with Crippen LogP contribution >= 0.6 is 0 Å². The van der Waals surface area contributed by atoms with E-state index in [2.05, 4.69) is 17.4 Å². The molecular formula is C11H15NOS. The van der Waals surface area contributed by atoms with Crippen molar-refractivity contribution in [3.8, 4) is 0 Å². The highest BCUT2D eigenvalue weighted by molar-refractivity contribution is 7.85. The summed E-state index contributed by atoms with van der Waals surface area (Å²) in [5.74, 6) is 0.741. The Morgan fingerprint density at radius 2 is 2.07 bits per heavy atom. The molecule has 1 heterocycles. The van der Waals surface area contributed by atoms with Gasteiger partial charge in [-0.1, -0.05) is 30.3 Å². The highest BCUT2D eigenvalue weighted by Gasteiger charge is 2.24. The second kappa shape index (κ2) is 4.24. The quantitative estimate of drug-likeness (QED) is 0.759. The number of hydrogen-bond acceptors (Lipinski definition) is 2. The van der Waals surface area contributed by atoms with E-state index in [-0.39, 0.29) is 11.3 Å². The van der Waals surface area contributed by atoms with E-state index in [9.17, 15) is 4.21 Å². The molecule has 76 valence electrons.